The van der Waals surface area contributed by atoms with E-state index in [1.54, 1.807) is 0 Å². The minimum Gasteiger partial charge on any atom is -0.481 e. The zero-order valence-corrected chi connectivity index (χ0v) is 12.4. The molecule has 0 aromatic carbocycles. The van der Waals surface area contributed by atoms with Gasteiger partial charge in [-0.1, -0.05) is 12.8 Å². The Balaban J connectivity index is 1.90. The highest BCUT2D eigenvalue weighted by atomic mass is 19.4. The Hall–Kier alpha value is -1.27. The number of hydrogen-bond acceptors (Lipinski definition) is 2. The number of halogens is 3. The molecule has 2 unspecified atom stereocenters. The van der Waals surface area contributed by atoms with Gasteiger partial charge in [-0.3, -0.25) is 9.59 Å². The third-order valence-electron chi connectivity index (χ3n) is 4.95. The highest BCUT2D eigenvalue weighted by molar-refractivity contribution is 5.79. The first-order valence-corrected chi connectivity index (χ1v) is 7.89. The number of carboxylic acid groups (broad SMARTS) is 1. The fourth-order valence-electron chi connectivity index (χ4n) is 3.63. The van der Waals surface area contributed by atoms with Gasteiger partial charge in [-0.25, -0.2) is 0 Å². The first-order valence-electron chi connectivity index (χ1n) is 7.89. The maximum absolute atomic E-state index is 13.0. The van der Waals surface area contributed by atoms with Gasteiger partial charge >= 0.3 is 12.1 Å². The molecule has 2 N–H and O–H groups in total. The predicted molar refractivity (Wildman–Crippen MR) is 73.0 cm³/mol. The van der Waals surface area contributed by atoms with Crippen LogP contribution in [-0.2, 0) is 9.59 Å². The molecule has 4 nitrogen and oxygen atoms in total. The quantitative estimate of drug-likeness (QED) is 0.839. The largest absolute Gasteiger partial charge is 0.481 e. The monoisotopic (exact) mass is 321 g/mol. The number of aliphatic carboxylic acids is 1. The van der Waals surface area contributed by atoms with Crippen molar-refractivity contribution in [1.82, 2.24) is 5.32 Å². The van der Waals surface area contributed by atoms with Crippen LogP contribution in [0, 0.1) is 17.8 Å². The van der Waals surface area contributed by atoms with Gasteiger partial charge in [0.05, 0.1) is 11.8 Å². The van der Waals surface area contributed by atoms with Crippen molar-refractivity contribution in [2.24, 2.45) is 17.8 Å². The minimum atomic E-state index is -4.33. The molecular formula is C15H22F3NO3. The molecule has 0 aromatic heterocycles. The number of amides is 1. The highest BCUT2D eigenvalue weighted by Gasteiger charge is 2.48. The number of nitrogens with one attached hydrogen (secondary N) is 1. The van der Waals surface area contributed by atoms with Gasteiger partial charge in [0.2, 0.25) is 5.91 Å². The summed E-state index contributed by atoms with van der Waals surface area (Å²) in [7, 11) is 0. The van der Waals surface area contributed by atoms with Crippen molar-refractivity contribution in [3.05, 3.63) is 0 Å². The molecule has 1 amide bonds. The second-order valence-electron chi connectivity index (χ2n) is 6.43. The first kappa shape index (κ1) is 17.1. The molecule has 0 heterocycles. The molecule has 7 heteroatoms. The van der Waals surface area contributed by atoms with Gasteiger partial charge in [-0.2, -0.15) is 13.2 Å². The summed E-state index contributed by atoms with van der Waals surface area (Å²) < 4.78 is 39.1. The number of rotatable bonds is 3. The SMILES string of the molecule is O=C(O)C1CCC(NC(=O)C2CCCCC2C(F)(F)F)CC1. The van der Waals surface area contributed by atoms with E-state index in [-0.39, 0.29) is 18.9 Å². The third kappa shape index (κ3) is 4.14. The van der Waals surface area contributed by atoms with Crippen LogP contribution < -0.4 is 5.32 Å². The van der Waals surface area contributed by atoms with E-state index in [2.05, 4.69) is 5.32 Å². The summed E-state index contributed by atoms with van der Waals surface area (Å²) in [5.41, 5.74) is 0. The van der Waals surface area contributed by atoms with Crippen LogP contribution in [0.25, 0.3) is 0 Å². The van der Waals surface area contributed by atoms with Crippen molar-refractivity contribution in [2.75, 3.05) is 0 Å². The van der Waals surface area contributed by atoms with E-state index in [9.17, 15) is 22.8 Å². The number of alkyl halides is 3. The Bertz CT molecular complexity index is 417. The van der Waals surface area contributed by atoms with E-state index >= 15 is 0 Å². The molecule has 2 saturated carbocycles. The van der Waals surface area contributed by atoms with Gasteiger partial charge in [0.1, 0.15) is 0 Å². The van der Waals surface area contributed by atoms with Crippen molar-refractivity contribution in [3.8, 4) is 0 Å². The molecule has 2 aliphatic rings. The molecular weight excluding hydrogens is 299 g/mol. The van der Waals surface area contributed by atoms with Crippen molar-refractivity contribution in [2.45, 2.75) is 63.6 Å². The zero-order chi connectivity index (χ0) is 16.3. The summed E-state index contributed by atoms with van der Waals surface area (Å²) in [5, 5.41) is 11.6. The van der Waals surface area contributed by atoms with Crippen LogP contribution in [0.5, 0.6) is 0 Å². The van der Waals surface area contributed by atoms with Crippen LogP contribution in [0.1, 0.15) is 51.4 Å². The van der Waals surface area contributed by atoms with E-state index < -0.39 is 35.8 Å². The summed E-state index contributed by atoms with van der Waals surface area (Å²) in [4.78, 5) is 23.1. The normalized spacial score (nSPS) is 33.2. The molecule has 0 radical (unpaired) electrons. The van der Waals surface area contributed by atoms with Crippen LogP contribution in [0.15, 0.2) is 0 Å². The second-order valence-corrected chi connectivity index (χ2v) is 6.43. The van der Waals surface area contributed by atoms with E-state index in [1.165, 1.54) is 0 Å². The van der Waals surface area contributed by atoms with Gasteiger partial charge in [0.15, 0.2) is 0 Å². The van der Waals surface area contributed by atoms with E-state index in [0.717, 1.165) is 0 Å². The van der Waals surface area contributed by atoms with Crippen molar-refractivity contribution < 1.29 is 27.9 Å². The third-order valence-corrected chi connectivity index (χ3v) is 4.95. The molecule has 0 aliphatic heterocycles. The number of hydrogen-bond donors (Lipinski definition) is 2. The fraction of sp³-hybridized carbons (Fsp3) is 0.867. The molecule has 2 aliphatic carbocycles. The number of carbonyl (C=O) groups excluding carboxylic acids is 1. The molecule has 0 saturated heterocycles. The maximum Gasteiger partial charge on any atom is 0.392 e. The summed E-state index contributed by atoms with van der Waals surface area (Å²) >= 11 is 0. The lowest BCUT2D eigenvalue weighted by Crippen LogP contribution is -2.47. The van der Waals surface area contributed by atoms with E-state index in [0.29, 0.717) is 38.5 Å². The van der Waals surface area contributed by atoms with E-state index in [4.69, 9.17) is 5.11 Å². The molecule has 0 spiro atoms. The first-order chi connectivity index (χ1) is 10.3. The van der Waals surface area contributed by atoms with Gasteiger partial charge in [0, 0.05) is 12.0 Å². The molecule has 0 bridgehead atoms. The lowest BCUT2D eigenvalue weighted by Gasteiger charge is -2.34. The Morgan fingerprint density at radius 3 is 2.09 bits per heavy atom. The van der Waals surface area contributed by atoms with Gasteiger partial charge in [0.25, 0.3) is 0 Å². The average Bonchev–Trinajstić information content (AvgIpc) is 2.47. The number of carboxylic acids is 1. The van der Waals surface area contributed by atoms with Gasteiger partial charge < -0.3 is 10.4 Å². The van der Waals surface area contributed by atoms with Crippen LogP contribution in [-0.4, -0.2) is 29.2 Å². The fourth-order valence-corrected chi connectivity index (χ4v) is 3.63. The molecule has 2 atom stereocenters. The second kappa shape index (κ2) is 6.87. The van der Waals surface area contributed by atoms with Crippen LogP contribution in [0.3, 0.4) is 0 Å². The maximum atomic E-state index is 13.0. The van der Waals surface area contributed by atoms with E-state index in [1.807, 2.05) is 0 Å². The van der Waals surface area contributed by atoms with Crippen LogP contribution in [0.2, 0.25) is 0 Å². The molecule has 2 rings (SSSR count). The molecule has 126 valence electrons. The molecule has 0 aromatic rings. The standard InChI is InChI=1S/C15H22F3NO3/c16-15(17,18)12-4-2-1-3-11(12)13(20)19-10-7-5-9(6-8-10)14(21)22/h9-12H,1-8H2,(H,19,20)(H,21,22). The summed E-state index contributed by atoms with van der Waals surface area (Å²) in [6.07, 6.45) is -0.898. The Kier molecular flexibility index (Phi) is 5.34. The lowest BCUT2D eigenvalue weighted by atomic mass is 9.77. The number of carbonyl (C=O) groups is 2. The summed E-state index contributed by atoms with van der Waals surface area (Å²) in [5.74, 6) is -4.29. The van der Waals surface area contributed by atoms with Crippen molar-refractivity contribution in [3.63, 3.8) is 0 Å². The van der Waals surface area contributed by atoms with Crippen LogP contribution >= 0.6 is 0 Å². The Morgan fingerprint density at radius 2 is 1.55 bits per heavy atom. The lowest BCUT2D eigenvalue weighted by molar-refractivity contribution is -0.198. The minimum absolute atomic E-state index is 0.0212. The van der Waals surface area contributed by atoms with Crippen molar-refractivity contribution in [1.29, 1.82) is 0 Å². The smallest absolute Gasteiger partial charge is 0.392 e. The molecule has 2 fully saturated rings. The molecule has 22 heavy (non-hydrogen) atoms. The summed E-state index contributed by atoms with van der Waals surface area (Å²) in [6, 6.07) is -0.195. The van der Waals surface area contributed by atoms with Crippen LogP contribution in [0.4, 0.5) is 13.2 Å². The van der Waals surface area contributed by atoms with Gasteiger partial charge in [-0.05, 0) is 38.5 Å². The topological polar surface area (TPSA) is 66.4 Å². The van der Waals surface area contributed by atoms with Gasteiger partial charge in [-0.15, -0.1) is 0 Å². The Labute approximate surface area is 127 Å². The predicted octanol–water partition coefficient (Wildman–Crippen LogP) is 3.11. The highest BCUT2D eigenvalue weighted by Crippen LogP contribution is 2.41. The Morgan fingerprint density at radius 1 is 0.955 bits per heavy atom. The average molecular weight is 321 g/mol. The van der Waals surface area contributed by atoms with Crippen molar-refractivity contribution >= 4 is 11.9 Å². The summed E-state index contributed by atoms with van der Waals surface area (Å²) in [6.45, 7) is 0. The zero-order valence-electron chi connectivity index (χ0n) is 12.4.